The fourth-order valence-corrected chi connectivity index (χ4v) is 4.56. The minimum absolute atomic E-state index is 0.119. The topological polar surface area (TPSA) is 77.9 Å². The van der Waals surface area contributed by atoms with Crippen LogP contribution in [0.4, 0.5) is 21.5 Å². The quantitative estimate of drug-likeness (QED) is 0.320. The Balaban J connectivity index is 1.51. The molecular formula is C31H28FN5O2. The Hall–Kier alpha value is -4.69. The van der Waals surface area contributed by atoms with Gasteiger partial charge in [0.1, 0.15) is 11.7 Å². The van der Waals surface area contributed by atoms with Crippen LogP contribution in [0, 0.1) is 5.82 Å². The van der Waals surface area contributed by atoms with E-state index >= 15 is 0 Å². The predicted molar refractivity (Wildman–Crippen MR) is 151 cm³/mol. The number of benzene rings is 3. The van der Waals surface area contributed by atoms with Crippen LogP contribution < -0.4 is 10.2 Å². The van der Waals surface area contributed by atoms with Gasteiger partial charge in [0.15, 0.2) is 0 Å². The molecule has 5 rings (SSSR count). The molecule has 0 radical (unpaired) electrons. The molecule has 0 bridgehead atoms. The summed E-state index contributed by atoms with van der Waals surface area (Å²) in [5, 5.41) is 2.79. The van der Waals surface area contributed by atoms with E-state index in [1.807, 2.05) is 73.6 Å². The highest BCUT2D eigenvalue weighted by Gasteiger charge is 2.35. The molecule has 0 spiro atoms. The molecule has 0 saturated carbocycles. The van der Waals surface area contributed by atoms with Crippen molar-refractivity contribution < 1.29 is 14.0 Å². The standard InChI is InChI=1S/C31H28FN5O2/c1-36(2)18-19-37(31(39)22-14-16-33-17-15-22)25-11-9-24(10-12-25)34-29(21-6-4-3-5-7-21)28-26-13-8-23(32)20-27(26)35-30(28)38/h3-17,20,28H,18-19H2,1-2H3,(H,35,38). The Bertz CT molecular complexity index is 1510. The number of aliphatic imine (C=N–C) groups is 1. The van der Waals surface area contributed by atoms with Crippen LogP contribution in [0.3, 0.4) is 0 Å². The molecule has 7 nitrogen and oxygen atoms in total. The summed E-state index contributed by atoms with van der Waals surface area (Å²) in [5.41, 5.74) is 4.40. The summed E-state index contributed by atoms with van der Waals surface area (Å²) in [5.74, 6) is -1.48. The molecule has 0 fully saturated rings. The number of rotatable bonds is 8. The summed E-state index contributed by atoms with van der Waals surface area (Å²) in [7, 11) is 3.92. The number of fused-ring (bicyclic) bond motifs is 1. The maximum atomic E-state index is 13.8. The second kappa shape index (κ2) is 11.4. The van der Waals surface area contributed by atoms with Crippen LogP contribution in [0.2, 0.25) is 0 Å². The Morgan fingerprint density at radius 3 is 2.33 bits per heavy atom. The highest BCUT2D eigenvalue weighted by Crippen LogP contribution is 2.37. The lowest BCUT2D eigenvalue weighted by Gasteiger charge is -2.25. The highest BCUT2D eigenvalue weighted by atomic mass is 19.1. The smallest absolute Gasteiger partial charge is 0.258 e. The molecule has 4 aromatic rings. The molecule has 1 N–H and O–H groups in total. The second-order valence-electron chi connectivity index (χ2n) is 9.53. The number of hydrogen-bond acceptors (Lipinski definition) is 5. The number of hydrogen-bond donors (Lipinski definition) is 1. The maximum absolute atomic E-state index is 13.8. The van der Waals surface area contributed by atoms with Crippen molar-refractivity contribution in [3.8, 4) is 0 Å². The average Bonchev–Trinajstić information content (AvgIpc) is 3.27. The molecular weight excluding hydrogens is 493 g/mol. The van der Waals surface area contributed by atoms with Gasteiger partial charge in [0.05, 0.1) is 11.4 Å². The molecule has 2 heterocycles. The number of aromatic nitrogens is 1. The molecule has 1 atom stereocenters. The van der Waals surface area contributed by atoms with E-state index in [0.717, 1.165) is 11.3 Å². The van der Waals surface area contributed by atoms with E-state index in [4.69, 9.17) is 4.99 Å². The minimum atomic E-state index is -0.687. The first-order valence-corrected chi connectivity index (χ1v) is 12.6. The molecule has 3 aromatic carbocycles. The largest absolute Gasteiger partial charge is 0.325 e. The number of likely N-dealkylation sites (N-methyl/N-ethyl adjacent to an activating group) is 1. The first-order chi connectivity index (χ1) is 18.9. The van der Waals surface area contributed by atoms with Gasteiger partial charge in [-0.05, 0) is 73.8 Å². The van der Waals surface area contributed by atoms with Crippen LogP contribution in [-0.4, -0.2) is 54.6 Å². The van der Waals surface area contributed by atoms with Crippen molar-refractivity contribution in [3.05, 3.63) is 120 Å². The lowest BCUT2D eigenvalue weighted by Crippen LogP contribution is -2.36. The van der Waals surface area contributed by atoms with E-state index < -0.39 is 11.7 Å². The second-order valence-corrected chi connectivity index (χ2v) is 9.53. The summed E-state index contributed by atoms with van der Waals surface area (Å²) >= 11 is 0. The van der Waals surface area contributed by atoms with E-state index in [0.29, 0.717) is 41.3 Å². The van der Waals surface area contributed by atoms with Crippen LogP contribution in [0.1, 0.15) is 27.4 Å². The molecule has 8 heteroatoms. The highest BCUT2D eigenvalue weighted by molar-refractivity contribution is 6.24. The van der Waals surface area contributed by atoms with Crippen LogP contribution in [0.25, 0.3) is 0 Å². The van der Waals surface area contributed by atoms with Gasteiger partial charge >= 0.3 is 0 Å². The third-order valence-electron chi connectivity index (χ3n) is 6.54. The number of anilines is 2. The van der Waals surface area contributed by atoms with Crippen molar-refractivity contribution in [2.75, 3.05) is 37.4 Å². The lowest BCUT2D eigenvalue weighted by molar-refractivity contribution is -0.115. The maximum Gasteiger partial charge on any atom is 0.258 e. The van der Waals surface area contributed by atoms with Crippen molar-refractivity contribution >= 4 is 34.6 Å². The zero-order valence-electron chi connectivity index (χ0n) is 21.7. The Kier molecular flexibility index (Phi) is 7.56. The van der Waals surface area contributed by atoms with Crippen LogP contribution in [-0.2, 0) is 4.79 Å². The molecule has 1 aliphatic heterocycles. The summed E-state index contributed by atoms with van der Waals surface area (Å²) in [6.07, 6.45) is 3.21. The van der Waals surface area contributed by atoms with Gasteiger partial charge in [-0.2, -0.15) is 0 Å². The monoisotopic (exact) mass is 521 g/mol. The number of carbonyl (C=O) groups is 2. The van der Waals surface area contributed by atoms with E-state index in [1.165, 1.54) is 12.1 Å². The normalized spacial score (nSPS) is 14.7. The van der Waals surface area contributed by atoms with Gasteiger partial charge in [-0.1, -0.05) is 36.4 Å². The Morgan fingerprint density at radius 2 is 1.64 bits per heavy atom. The predicted octanol–water partition coefficient (Wildman–Crippen LogP) is 5.29. The number of amides is 2. The van der Waals surface area contributed by atoms with Crippen LogP contribution >= 0.6 is 0 Å². The van der Waals surface area contributed by atoms with Gasteiger partial charge in [0.25, 0.3) is 5.91 Å². The van der Waals surface area contributed by atoms with Crippen LogP contribution in [0.5, 0.6) is 0 Å². The number of carbonyl (C=O) groups excluding carboxylic acids is 2. The van der Waals surface area contributed by atoms with Gasteiger partial charge in [-0.15, -0.1) is 0 Å². The van der Waals surface area contributed by atoms with E-state index in [-0.39, 0.29) is 11.8 Å². The molecule has 2 amide bonds. The van der Waals surface area contributed by atoms with Gasteiger partial charge in [0, 0.05) is 42.4 Å². The lowest BCUT2D eigenvalue weighted by atomic mass is 9.90. The van der Waals surface area contributed by atoms with Crippen molar-refractivity contribution in [3.63, 3.8) is 0 Å². The van der Waals surface area contributed by atoms with Crippen LogP contribution in [0.15, 0.2) is 102 Å². The van der Waals surface area contributed by atoms with Crippen molar-refractivity contribution in [1.29, 1.82) is 0 Å². The first-order valence-electron chi connectivity index (χ1n) is 12.6. The third-order valence-corrected chi connectivity index (χ3v) is 6.54. The number of pyridine rings is 1. The van der Waals surface area contributed by atoms with Gasteiger partial charge in [-0.3, -0.25) is 19.6 Å². The Morgan fingerprint density at radius 1 is 0.923 bits per heavy atom. The fourth-order valence-electron chi connectivity index (χ4n) is 4.56. The average molecular weight is 522 g/mol. The third kappa shape index (κ3) is 5.76. The van der Waals surface area contributed by atoms with Crippen molar-refractivity contribution in [1.82, 2.24) is 9.88 Å². The molecule has 196 valence electrons. The zero-order chi connectivity index (χ0) is 27.4. The van der Waals surface area contributed by atoms with E-state index in [1.54, 1.807) is 35.5 Å². The van der Waals surface area contributed by atoms with E-state index in [9.17, 15) is 14.0 Å². The van der Waals surface area contributed by atoms with E-state index in [2.05, 4.69) is 10.3 Å². The van der Waals surface area contributed by atoms with Gasteiger partial charge in [-0.25, -0.2) is 4.39 Å². The molecule has 0 saturated heterocycles. The first kappa shape index (κ1) is 25.9. The fraction of sp³-hybridized carbons (Fsp3) is 0.161. The SMILES string of the molecule is CN(C)CCN(C(=O)c1ccncc1)c1ccc(N=C(c2ccccc2)C2C(=O)Nc3cc(F)ccc32)cc1. The minimum Gasteiger partial charge on any atom is -0.325 e. The molecule has 1 aromatic heterocycles. The summed E-state index contributed by atoms with van der Waals surface area (Å²) in [6, 6.07) is 24.6. The number of nitrogens with zero attached hydrogens (tertiary/aromatic N) is 4. The molecule has 39 heavy (non-hydrogen) atoms. The zero-order valence-corrected chi connectivity index (χ0v) is 21.7. The number of halogens is 1. The Labute approximate surface area is 226 Å². The molecule has 0 aliphatic carbocycles. The van der Waals surface area contributed by atoms with Gasteiger partial charge in [0.2, 0.25) is 5.91 Å². The van der Waals surface area contributed by atoms with Crippen molar-refractivity contribution in [2.24, 2.45) is 4.99 Å². The van der Waals surface area contributed by atoms with Gasteiger partial charge < -0.3 is 15.1 Å². The number of nitrogens with one attached hydrogen (secondary N) is 1. The summed E-state index contributed by atoms with van der Waals surface area (Å²) in [6.45, 7) is 1.19. The molecule has 1 aliphatic rings. The summed E-state index contributed by atoms with van der Waals surface area (Å²) < 4.78 is 13.8. The van der Waals surface area contributed by atoms with Crippen molar-refractivity contribution in [2.45, 2.75) is 5.92 Å². The molecule has 1 unspecified atom stereocenters. The summed E-state index contributed by atoms with van der Waals surface area (Å²) in [4.78, 5) is 39.1.